The van der Waals surface area contributed by atoms with E-state index < -0.39 is 5.97 Å². The fourth-order valence-electron chi connectivity index (χ4n) is 2.37. The first-order valence-corrected chi connectivity index (χ1v) is 6.73. The van der Waals surface area contributed by atoms with Crippen molar-refractivity contribution >= 4 is 5.97 Å². The summed E-state index contributed by atoms with van der Waals surface area (Å²) in [4.78, 5) is 11.0. The Balaban J connectivity index is 2.70. The van der Waals surface area contributed by atoms with Crippen molar-refractivity contribution in [3.05, 3.63) is 35.0 Å². The van der Waals surface area contributed by atoms with Crippen LogP contribution < -0.4 is 0 Å². The molecule has 2 N–H and O–H groups in total. The lowest BCUT2D eigenvalue weighted by Crippen LogP contribution is -2.12. The lowest BCUT2D eigenvalue weighted by atomic mass is 9.83. The van der Waals surface area contributed by atoms with Crippen LogP contribution in [0, 0.1) is 6.92 Å². The van der Waals surface area contributed by atoms with Crippen LogP contribution in [0.25, 0.3) is 11.3 Å². The van der Waals surface area contributed by atoms with Crippen molar-refractivity contribution in [1.29, 1.82) is 0 Å². The van der Waals surface area contributed by atoms with Crippen LogP contribution in [-0.4, -0.2) is 26.0 Å². The quantitative estimate of drug-likeness (QED) is 0.890. The fourth-order valence-corrected chi connectivity index (χ4v) is 2.37. The van der Waals surface area contributed by atoms with Gasteiger partial charge in [-0.05, 0) is 30.0 Å². The molecular weight excluding hydrogens is 268 g/mol. The van der Waals surface area contributed by atoms with Gasteiger partial charge in [0.15, 0.2) is 5.69 Å². The second-order valence-electron chi connectivity index (χ2n) is 6.30. The van der Waals surface area contributed by atoms with E-state index in [2.05, 4.69) is 5.10 Å². The minimum absolute atomic E-state index is 0.0364. The third-order valence-corrected chi connectivity index (χ3v) is 3.44. The van der Waals surface area contributed by atoms with E-state index in [4.69, 9.17) is 5.11 Å². The molecule has 0 saturated heterocycles. The minimum Gasteiger partial charge on any atom is -0.507 e. The van der Waals surface area contributed by atoms with Crippen LogP contribution in [0.1, 0.15) is 42.4 Å². The second kappa shape index (κ2) is 4.91. The summed E-state index contributed by atoms with van der Waals surface area (Å²) in [6.07, 6.45) is 0. The lowest BCUT2D eigenvalue weighted by Gasteiger charge is -2.23. The number of hydrogen-bond donors (Lipinski definition) is 2. The molecule has 0 unspecified atom stereocenters. The van der Waals surface area contributed by atoms with E-state index in [1.807, 2.05) is 39.8 Å². The maximum absolute atomic E-state index is 11.0. The molecule has 5 nitrogen and oxygen atoms in total. The Hall–Kier alpha value is -2.30. The molecule has 2 aromatic rings. The summed E-state index contributed by atoms with van der Waals surface area (Å²) >= 11 is 0. The second-order valence-corrected chi connectivity index (χ2v) is 6.30. The zero-order valence-corrected chi connectivity index (χ0v) is 12.9. The highest BCUT2D eigenvalue weighted by atomic mass is 16.4. The minimum atomic E-state index is -1.08. The third-order valence-electron chi connectivity index (χ3n) is 3.44. The van der Waals surface area contributed by atoms with Gasteiger partial charge in [-0.15, -0.1) is 0 Å². The van der Waals surface area contributed by atoms with Gasteiger partial charge in [-0.3, -0.25) is 4.68 Å². The Morgan fingerprint density at radius 2 is 1.86 bits per heavy atom. The van der Waals surface area contributed by atoms with Crippen LogP contribution in [-0.2, 0) is 12.5 Å². The largest absolute Gasteiger partial charge is 0.507 e. The van der Waals surface area contributed by atoms with Gasteiger partial charge in [0.05, 0.1) is 5.69 Å². The summed E-state index contributed by atoms with van der Waals surface area (Å²) in [6.45, 7) is 8.03. The molecular formula is C16H20N2O3. The topological polar surface area (TPSA) is 75.3 Å². The number of rotatable bonds is 2. The Morgan fingerprint density at radius 3 is 2.33 bits per heavy atom. The van der Waals surface area contributed by atoms with Crippen molar-refractivity contribution < 1.29 is 15.0 Å². The van der Waals surface area contributed by atoms with Crippen molar-refractivity contribution in [1.82, 2.24) is 9.78 Å². The van der Waals surface area contributed by atoms with Crippen molar-refractivity contribution in [2.24, 2.45) is 7.05 Å². The van der Waals surface area contributed by atoms with Gasteiger partial charge in [-0.1, -0.05) is 26.8 Å². The number of phenolic OH excluding ortho intramolecular Hbond substituents is 1. The predicted octanol–water partition coefficient (Wildman–Crippen LogP) is 3.10. The molecule has 2 rings (SSSR count). The Morgan fingerprint density at radius 1 is 1.24 bits per heavy atom. The van der Waals surface area contributed by atoms with E-state index in [0.29, 0.717) is 11.3 Å². The van der Waals surface area contributed by atoms with E-state index in [9.17, 15) is 9.90 Å². The fraction of sp³-hybridized carbons (Fsp3) is 0.375. The molecule has 5 heteroatoms. The average Bonchev–Trinajstić information content (AvgIpc) is 2.72. The Kier molecular flexibility index (Phi) is 3.53. The van der Waals surface area contributed by atoms with Gasteiger partial charge in [-0.25, -0.2) is 4.79 Å². The molecule has 0 fully saturated rings. The predicted molar refractivity (Wildman–Crippen MR) is 80.7 cm³/mol. The van der Waals surface area contributed by atoms with Crippen molar-refractivity contribution in [3.8, 4) is 17.0 Å². The van der Waals surface area contributed by atoms with Crippen molar-refractivity contribution in [3.63, 3.8) is 0 Å². The zero-order valence-electron chi connectivity index (χ0n) is 12.9. The van der Waals surface area contributed by atoms with E-state index in [0.717, 1.165) is 11.1 Å². The smallest absolute Gasteiger partial charge is 0.356 e. The molecule has 112 valence electrons. The number of nitrogens with zero attached hydrogens (tertiary/aromatic N) is 2. The molecule has 0 aliphatic rings. The monoisotopic (exact) mass is 288 g/mol. The van der Waals surface area contributed by atoms with Crippen LogP contribution >= 0.6 is 0 Å². The summed E-state index contributed by atoms with van der Waals surface area (Å²) in [5.41, 5.74) is 2.77. The number of phenols is 1. The van der Waals surface area contributed by atoms with Crippen LogP contribution in [0.15, 0.2) is 18.2 Å². The highest BCUT2D eigenvalue weighted by Crippen LogP contribution is 2.39. The number of carbonyl (C=O) groups is 1. The first kappa shape index (κ1) is 15.1. The number of aryl methyl sites for hydroxylation is 2. The molecule has 0 aliphatic heterocycles. The molecule has 1 aromatic carbocycles. The molecule has 0 amide bonds. The van der Waals surface area contributed by atoms with Crippen molar-refractivity contribution in [2.45, 2.75) is 33.1 Å². The van der Waals surface area contributed by atoms with Gasteiger partial charge in [0.25, 0.3) is 0 Å². The number of aromatic carboxylic acids is 1. The maximum atomic E-state index is 11.0. The molecule has 0 bridgehead atoms. The average molecular weight is 288 g/mol. The number of aromatic nitrogens is 2. The molecule has 0 saturated carbocycles. The lowest BCUT2D eigenvalue weighted by molar-refractivity contribution is 0.0689. The van der Waals surface area contributed by atoms with E-state index in [-0.39, 0.29) is 16.9 Å². The zero-order chi connectivity index (χ0) is 15.9. The number of benzene rings is 1. The van der Waals surface area contributed by atoms with Gasteiger partial charge in [0, 0.05) is 18.2 Å². The summed E-state index contributed by atoms with van der Waals surface area (Å²) < 4.78 is 1.48. The van der Waals surface area contributed by atoms with Gasteiger partial charge >= 0.3 is 5.97 Å². The number of carboxylic acids is 1. The number of carboxylic acid groups (broad SMARTS) is 1. The third kappa shape index (κ3) is 2.77. The molecule has 1 aromatic heterocycles. The Labute approximate surface area is 123 Å². The number of hydrogen-bond acceptors (Lipinski definition) is 3. The standard InChI is InChI=1S/C16H20N2O3/c1-9-6-10(14(19)11(7-9)16(2,3)4)13-8-12(15(20)21)17-18(13)5/h6-8,19H,1-5H3,(H,20,21). The summed E-state index contributed by atoms with van der Waals surface area (Å²) in [5, 5.41) is 23.6. The SMILES string of the molecule is Cc1cc(-c2cc(C(=O)O)nn2C)c(O)c(C(C)(C)C)c1. The van der Waals surface area contributed by atoms with E-state index >= 15 is 0 Å². The van der Waals surface area contributed by atoms with E-state index in [1.54, 1.807) is 7.05 Å². The van der Waals surface area contributed by atoms with Gasteiger partial charge in [0.1, 0.15) is 5.75 Å². The highest BCUT2D eigenvalue weighted by Gasteiger charge is 2.23. The molecule has 0 radical (unpaired) electrons. The summed E-state index contributed by atoms with van der Waals surface area (Å²) in [6, 6.07) is 5.27. The van der Waals surface area contributed by atoms with Crippen LogP contribution in [0.3, 0.4) is 0 Å². The summed E-state index contributed by atoms with van der Waals surface area (Å²) in [5.74, 6) is -0.909. The number of aromatic hydroxyl groups is 1. The molecule has 0 aliphatic carbocycles. The maximum Gasteiger partial charge on any atom is 0.356 e. The van der Waals surface area contributed by atoms with Crippen LogP contribution in [0.2, 0.25) is 0 Å². The Bertz CT molecular complexity index is 709. The molecule has 0 atom stereocenters. The van der Waals surface area contributed by atoms with Crippen LogP contribution in [0.5, 0.6) is 5.75 Å². The van der Waals surface area contributed by atoms with Gasteiger partial charge in [0.2, 0.25) is 0 Å². The molecule has 0 spiro atoms. The van der Waals surface area contributed by atoms with Gasteiger partial charge in [-0.2, -0.15) is 5.10 Å². The first-order chi connectivity index (χ1) is 9.61. The normalized spacial score (nSPS) is 11.7. The molecule has 1 heterocycles. The summed E-state index contributed by atoms with van der Waals surface area (Å²) in [7, 11) is 1.67. The van der Waals surface area contributed by atoms with Gasteiger partial charge < -0.3 is 10.2 Å². The van der Waals surface area contributed by atoms with Crippen LogP contribution in [0.4, 0.5) is 0 Å². The van der Waals surface area contributed by atoms with Crippen molar-refractivity contribution in [2.75, 3.05) is 0 Å². The molecule has 21 heavy (non-hydrogen) atoms. The first-order valence-electron chi connectivity index (χ1n) is 6.73. The highest BCUT2D eigenvalue weighted by molar-refractivity contribution is 5.87. The van der Waals surface area contributed by atoms with E-state index in [1.165, 1.54) is 10.7 Å².